The van der Waals surface area contributed by atoms with Gasteiger partial charge in [0.2, 0.25) is 0 Å². The van der Waals surface area contributed by atoms with Crippen LogP contribution in [-0.2, 0) is 0 Å². The predicted molar refractivity (Wildman–Crippen MR) is 75.7 cm³/mol. The second kappa shape index (κ2) is 6.10. The molecule has 0 radical (unpaired) electrons. The van der Waals surface area contributed by atoms with Gasteiger partial charge in [0.05, 0.1) is 14.2 Å². The zero-order valence-electron chi connectivity index (χ0n) is 11.7. The third-order valence-electron chi connectivity index (χ3n) is 2.85. The van der Waals surface area contributed by atoms with Gasteiger partial charge < -0.3 is 14.2 Å². The van der Waals surface area contributed by atoms with Crippen LogP contribution in [0.1, 0.15) is 15.9 Å². The molecule has 0 heterocycles. The standard InChI is InChI=1S/C16H16O4/c1-11-7-9-12(10-8-11)20-16(17)13-5-4-6-14(18-2)15(13)19-3/h4-10H,1-3H3. The normalized spacial score (nSPS) is 9.95. The molecule has 0 aliphatic rings. The molecule has 104 valence electrons. The van der Waals surface area contributed by atoms with E-state index in [0.29, 0.717) is 22.8 Å². The first-order chi connectivity index (χ1) is 9.65. The molecule has 0 aliphatic carbocycles. The van der Waals surface area contributed by atoms with Crippen LogP contribution in [0, 0.1) is 6.92 Å². The third kappa shape index (κ3) is 2.91. The van der Waals surface area contributed by atoms with Gasteiger partial charge in [-0.2, -0.15) is 0 Å². The molecular formula is C16H16O4. The highest BCUT2D eigenvalue weighted by Gasteiger charge is 2.18. The quantitative estimate of drug-likeness (QED) is 0.633. The first kappa shape index (κ1) is 13.9. The summed E-state index contributed by atoms with van der Waals surface area (Å²) in [4.78, 5) is 12.2. The Labute approximate surface area is 117 Å². The molecule has 0 spiro atoms. The number of rotatable bonds is 4. The summed E-state index contributed by atoms with van der Waals surface area (Å²) >= 11 is 0. The van der Waals surface area contributed by atoms with Gasteiger partial charge in [-0.05, 0) is 31.2 Å². The van der Waals surface area contributed by atoms with Crippen molar-refractivity contribution in [3.63, 3.8) is 0 Å². The van der Waals surface area contributed by atoms with Gasteiger partial charge in [-0.1, -0.05) is 23.8 Å². The van der Waals surface area contributed by atoms with Gasteiger partial charge in [0.1, 0.15) is 11.3 Å². The lowest BCUT2D eigenvalue weighted by molar-refractivity contribution is 0.0730. The molecule has 0 saturated carbocycles. The summed E-state index contributed by atoms with van der Waals surface area (Å²) < 4.78 is 15.7. The molecule has 0 atom stereocenters. The van der Waals surface area contributed by atoms with E-state index in [1.54, 1.807) is 30.3 Å². The van der Waals surface area contributed by atoms with Gasteiger partial charge in [-0.15, -0.1) is 0 Å². The second-order valence-corrected chi connectivity index (χ2v) is 4.24. The van der Waals surface area contributed by atoms with E-state index in [-0.39, 0.29) is 0 Å². The van der Waals surface area contributed by atoms with E-state index in [1.807, 2.05) is 19.1 Å². The number of para-hydroxylation sites is 1. The van der Waals surface area contributed by atoms with Crippen LogP contribution in [-0.4, -0.2) is 20.2 Å². The van der Waals surface area contributed by atoms with Crippen LogP contribution in [0.5, 0.6) is 17.2 Å². The fraction of sp³-hybridized carbons (Fsp3) is 0.188. The Bertz CT molecular complexity index is 602. The summed E-state index contributed by atoms with van der Waals surface area (Å²) in [5.41, 5.74) is 1.43. The summed E-state index contributed by atoms with van der Waals surface area (Å²) in [5.74, 6) is 0.869. The van der Waals surface area contributed by atoms with Crippen molar-refractivity contribution in [3.05, 3.63) is 53.6 Å². The Morgan fingerprint density at radius 3 is 2.25 bits per heavy atom. The minimum atomic E-state index is -0.482. The lowest BCUT2D eigenvalue weighted by Gasteiger charge is -2.11. The summed E-state index contributed by atoms with van der Waals surface area (Å²) in [5, 5.41) is 0. The van der Waals surface area contributed by atoms with Gasteiger partial charge >= 0.3 is 5.97 Å². The lowest BCUT2D eigenvalue weighted by Crippen LogP contribution is -2.10. The van der Waals surface area contributed by atoms with Crippen LogP contribution in [0.25, 0.3) is 0 Å². The Kier molecular flexibility index (Phi) is 4.25. The monoisotopic (exact) mass is 272 g/mol. The van der Waals surface area contributed by atoms with Crippen molar-refractivity contribution < 1.29 is 19.0 Å². The molecule has 2 aromatic rings. The maximum atomic E-state index is 12.2. The minimum Gasteiger partial charge on any atom is -0.493 e. The highest BCUT2D eigenvalue weighted by Crippen LogP contribution is 2.31. The van der Waals surface area contributed by atoms with E-state index in [9.17, 15) is 4.79 Å². The number of methoxy groups -OCH3 is 2. The van der Waals surface area contributed by atoms with Crippen LogP contribution in [0.4, 0.5) is 0 Å². The van der Waals surface area contributed by atoms with Crippen LogP contribution in [0.2, 0.25) is 0 Å². The molecule has 2 rings (SSSR count). The molecular weight excluding hydrogens is 256 g/mol. The van der Waals surface area contributed by atoms with E-state index < -0.39 is 5.97 Å². The predicted octanol–water partition coefficient (Wildman–Crippen LogP) is 3.23. The van der Waals surface area contributed by atoms with Gasteiger partial charge in [0.15, 0.2) is 11.5 Å². The molecule has 0 N–H and O–H groups in total. The molecule has 0 aliphatic heterocycles. The Morgan fingerprint density at radius 1 is 0.950 bits per heavy atom. The third-order valence-corrected chi connectivity index (χ3v) is 2.85. The molecule has 2 aromatic carbocycles. The number of ether oxygens (including phenoxy) is 3. The van der Waals surface area contributed by atoms with Crippen molar-refractivity contribution in [2.75, 3.05) is 14.2 Å². The van der Waals surface area contributed by atoms with Crippen LogP contribution < -0.4 is 14.2 Å². The highest BCUT2D eigenvalue weighted by atomic mass is 16.5. The van der Waals surface area contributed by atoms with Gasteiger partial charge in [-0.3, -0.25) is 0 Å². The molecule has 0 amide bonds. The average Bonchev–Trinajstić information content (AvgIpc) is 2.48. The minimum absolute atomic E-state index is 0.326. The molecule has 0 bridgehead atoms. The summed E-state index contributed by atoms with van der Waals surface area (Å²) in [6.45, 7) is 1.97. The molecule has 0 saturated heterocycles. The average molecular weight is 272 g/mol. The van der Waals surface area contributed by atoms with E-state index in [0.717, 1.165) is 5.56 Å². The number of benzene rings is 2. The number of aryl methyl sites for hydroxylation is 1. The molecule has 20 heavy (non-hydrogen) atoms. The van der Waals surface area contributed by atoms with Crippen LogP contribution in [0.3, 0.4) is 0 Å². The topological polar surface area (TPSA) is 44.8 Å². The number of hydrogen-bond donors (Lipinski definition) is 0. The molecule has 0 fully saturated rings. The molecule has 4 heteroatoms. The molecule has 4 nitrogen and oxygen atoms in total. The fourth-order valence-corrected chi connectivity index (χ4v) is 1.82. The van der Waals surface area contributed by atoms with Crippen LogP contribution in [0.15, 0.2) is 42.5 Å². The van der Waals surface area contributed by atoms with Gasteiger partial charge in [-0.25, -0.2) is 4.79 Å². The number of hydrogen-bond acceptors (Lipinski definition) is 4. The summed E-state index contributed by atoms with van der Waals surface area (Å²) in [7, 11) is 3.01. The lowest BCUT2D eigenvalue weighted by atomic mass is 10.2. The zero-order chi connectivity index (χ0) is 14.5. The molecule has 0 aromatic heterocycles. The van der Waals surface area contributed by atoms with Crippen molar-refractivity contribution >= 4 is 5.97 Å². The zero-order valence-corrected chi connectivity index (χ0v) is 11.7. The Balaban J connectivity index is 2.27. The first-order valence-corrected chi connectivity index (χ1v) is 6.15. The number of carbonyl (C=O) groups is 1. The van der Waals surface area contributed by atoms with Crippen molar-refractivity contribution in [2.45, 2.75) is 6.92 Å². The number of carbonyl (C=O) groups excluding carboxylic acids is 1. The summed E-state index contributed by atoms with van der Waals surface area (Å²) in [6, 6.07) is 12.3. The van der Waals surface area contributed by atoms with E-state index >= 15 is 0 Å². The maximum Gasteiger partial charge on any atom is 0.347 e. The van der Waals surface area contributed by atoms with Crippen molar-refractivity contribution in [1.29, 1.82) is 0 Å². The smallest absolute Gasteiger partial charge is 0.347 e. The SMILES string of the molecule is COc1cccc(C(=O)Oc2ccc(C)cc2)c1OC. The van der Waals surface area contributed by atoms with Gasteiger partial charge in [0, 0.05) is 0 Å². The maximum absolute atomic E-state index is 12.2. The van der Waals surface area contributed by atoms with Gasteiger partial charge in [0.25, 0.3) is 0 Å². The van der Waals surface area contributed by atoms with Crippen molar-refractivity contribution in [3.8, 4) is 17.2 Å². The first-order valence-electron chi connectivity index (χ1n) is 6.15. The van der Waals surface area contributed by atoms with E-state index in [2.05, 4.69) is 0 Å². The van der Waals surface area contributed by atoms with Crippen LogP contribution >= 0.6 is 0 Å². The number of esters is 1. The highest BCUT2D eigenvalue weighted by molar-refractivity contribution is 5.95. The second-order valence-electron chi connectivity index (χ2n) is 4.24. The van der Waals surface area contributed by atoms with E-state index in [4.69, 9.17) is 14.2 Å². The Hall–Kier alpha value is -2.49. The van der Waals surface area contributed by atoms with E-state index in [1.165, 1.54) is 14.2 Å². The Morgan fingerprint density at radius 2 is 1.65 bits per heavy atom. The molecule has 0 unspecified atom stereocenters. The van der Waals surface area contributed by atoms with Crippen molar-refractivity contribution in [2.24, 2.45) is 0 Å². The largest absolute Gasteiger partial charge is 0.493 e. The van der Waals surface area contributed by atoms with Crippen molar-refractivity contribution in [1.82, 2.24) is 0 Å². The summed E-state index contributed by atoms with van der Waals surface area (Å²) in [6.07, 6.45) is 0. The fourth-order valence-electron chi connectivity index (χ4n) is 1.82.